The maximum Gasteiger partial charge on any atom is 0.335 e. The molecule has 0 bridgehead atoms. The summed E-state index contributed by atoms with van der Waals surface area (Å²) in [7, 11) is 3.36. The normalized spacial score (nSPS) is 46.1. The van der Waals surface area contributed by atoms with Crippen molar-refractivity contribution in [3.8, 4) is 5.75 Å². The summed E-state index contributed by atoms with van der Waals surface area (Å²) in [5.41, 5.74) is 6.06. The Labute approximate surface area is 310 Å². The summed E-state index contributed by atoms with van der Waals surface area (Å²) in [6, 6.07) is 16.4. The second-order valence-electron chi connectivity index (χ2n) is 18.9. The highest BCUT2D eigenvalue weighted by atomic mass is 16.6. The van der Waals surface area contributed by atoms with Crippen LogP contribution in [0.15, 0.2) is 53.7 Å². The number of methoxy groups -OCH3 is 2. The van der Waals surface area contributed by atoms with Gasteiger partial charge in [0.15, 0.2) is 0 Å². The SMILES string of the molecule is COC(=O)C1=C2Nc3ccccc3C23CCN2CC4(CC5CC67CC(=O)OC6CCN6CCC8(c9cccc(OC)c9N(C4)C58)C67)C4OCCC4(C1)C23. The Hall–Kier alpha value is -3.60. The first-order valence-electron chi connectivity index (χ1n) is 20.3. The minimum atomic E-state index is -0.294. The molecule has 5 spiro atoms. The smallest absolute Gasteiger partial charge is 0.335 e. The Morgan fingerprint density at radius 3 is 2.66 bits per heavy atom. The molecule has 276 valence electrons. The Kier molecular flexibility index (Phi) is 5.56. The average Bonchev–Trinajstić information content (AvgIpc) is 4.01. The van der Waals surface area contributed by atoms with Crippen molar-refractivity contribution in [1.29, 1.82) is 0 Å². The third-order valence-electron chi connectivity index (χ3n) is 17.4. The van der Waals surface area contributed by atoms with E-state index in [1.165, 1.54) is 23.9 Å². The van der Waals surface area contributed by atoms with Gasteiger partial charge in [0.1, 0.15) is 11.9 Å². The molecule has 11 unspecified atom stereocenters. The van der Waals surface area contributed by atoms with Gasteiger partial charge in [-0.15, -0.1) is 0 Å². The summed E-state index contributed by atoms with van der Waals surface area (Å²) >= 11 is 0. The van der Waals surface area contributed by atoms with E-state index in [0.29, 0.717) is 31.4 Å². The molecule has 10 nitrogen and oxygen atoms in total. The van der Waals surface area contributed by atoms with Crippen LogP contribution >= 0.6 is 0 Å². The van der Waals surface area contributed by atoms with Crippen molar-refractivity contribution in [2.24, 2.45) is 22.2 Å². The van der Waals surface area contributed by atoms with E-state index in [1.54, 1.807) is 0 Å². The largest absolute Gasteiger partial charge is 0.495 e. The van der Waals surface area contributed by atoms with Crippen LogP contribution in [0.5, 0.6) is 5.75 Å². The molecule has 7 saturated heterocycles. The molecule has 9 heterocycles. The lowest BCUT2D eigenvalue weighted by molar-refractivity contribution is -0.175. The fourth-order valence-corrected chi connectivity index (χ4v) is 16.7. The van der Waals surface area contributed by atoms with Gasteiger partial charge in [0.2, 0.25) is 0 Å². The summed E-state index contributed by atoms with van der Waals surface area (Å²) in [5.74, 6) is 1.11. The molecule has 13 rings (SSSR count). The van der Waals surface area contributed by atoms with Gasteiger partial charge >= 0.3 is 11.9 Å². The monoisotopic (exact) mass is 716 g/mol. The van der Waals surface area contributed by atoms with E-state index < -0.39 is 0 Å². The van der Waals surface area contributed by atoms with Crippen LogP contribution in [0.3, 0.4) is 0 Å². The number of benzene rings is 2. The average molecular weight is 717 g/mol. The predicted molar refractivity (Wildman–Crippen MR) is 195 cm³/mol. The summed E-state index contributed by atoms with van der Waals surface area (Å²) in [5, 5.41) is 3.79. The van der Waals surface area contributed by atoms with Crippen LogP contribution in [-0.2, 0) is 34.6 Å². The second kappa shape index (κ2) is 9.61. The van der Waals surface area contributed by atoms with E-state index in [2.05, 4.69) is 62.5 Å². The molecule has 2 aromatic carbocycles. The van der Waals surface area contributed by atoms with Crippen molar-refractivity contribution in [3.05, 3.63) is 64.9 Å². The molecule has 2 aromatic rings. The Morgan fingerprint density at radius 2 is 1.77 bits per heavy atom. The lowest BCUT2D eigenvalue weighted by atomic mass is 9.44. The molecule has 0 amide bonds. The lowest BCUT2D eigenvalue weighted by Gasteiger charge is -2.68. The number of carbonyl (C=O) groups excluding carboxylic acids is 2. The first-order valence-corrected chi connectivity index (χ1v) is 20.3. The zero-order valence-corrected chi connectivity index (χ0v) is 30.7. The molecule has 11 atom stereocenters. The number of anilines is 2. The van der Waals surface area contributed by atoms with Gasteiger partial charge < -0.3 is 29.2 Å². The Morgan fingerprint density at radius 1 is 0.906 bits per heavy atom. The summed E-state index contributed by atoms with van der Waals surface area (Å²) in [6.45, 7) is 5.63. The molecular formula is C43H48N4O6. The molecule has 1 saturated carbocycles. The van der Waals surface area contributed by atoms with Crippen molar-refractivity contribution in [2.45, 2.75) is 92.5 Å². The molecule has 1 N–H and O–H groups in total. The number of nitrogens with zero attached hydrogens (tertiary/aromatic N) is 3. The lowest BCUT2D eigenvalue weighted by Crippen LogP contribution is -2.76. The first kappa shape index (κ1) is 30.7. The highest BCUT2D eigenvalue weighted by molar-refractivity contribution is 5.93. The molecule has 2 aliphatic carbocycles. The van der Waals surface area contributed by atoms with E-state index >= 15 is 0 Å². The first-order chi connectivity index (χ1) is 25.8. The quantitative estimate of drug-likeness (QED) is 0.452. The second-order valence-corrected chi connectivity index (χ2v) is 18.9. The predicted octanol–water partition coefficient (Wildman–Crippen LogP) is 4.37. The van der Waals surface area contributed by atoms with Crippen molar-refractivity contribution in [3.63, 3.8) is 0 Å². The van der Waals surface area contributed by atoms with E-state index in [1.807, 2.05) is 7.11 Å². The maximum atomic E-state index is 14.0. The number of rotatable bonds is 2. The minimum absolute atomic E-state index is 0.00451. The fraction of sp³-hybridized carbons (Fsp3) is 0.628. The molecule has 11 aliphatic rings. The van der Waals surface area contributed by atoms with Gasteiger partial charge in [0.05, 0.1) is 43.4 Å². The van der Waals surface area contributed by atoms with Gasteiger partial charge in [-0.3, -0.25) is 14.6 Å². The van der Waals surface area contributed by atoms with Crippen molar-refractivity contribution < 1.29 is 28.5 Å². The number of fused-ring (bicyclic) bond motifs is 4. The highest BCUT2D eigenvalue weighted by Crippen LogP contribution is 2.75. The standard InChI is InChI=1S/C43H48N4O6/c1-50-29-9-5-7-27-32(29)47-23-39(18-24-19-41-21-31(48)53-30(41)10-14-45-15-12-43(27,34(24)47)37(41)45)22-46-16-11-42-26-6-3-4-8-28(26)44-33(42)25(35(49)51-2)20-40(36(42)46)13-17-52-38(39)40/h3-9,24,30,34,36-38,44H,10-23H2,1-2H3. The maximum absolute atomic E-state index is 14.0. The number of piperidine rings is 3. The summed E-state index contributed by atoms with van der Waals surface area (Å²) < 4.78 is 25.5. The zero-order valence-electron chi connectivity index (χ0n) is 30.7. The molecule has 53 heavy (non-hydrogen) atoms. The van der Waals surface area contributed by atoms with Crippen LogP contribution in [0, 0.1) is 22.2 Å². The third kappa shape index (κ3) is 3.17. The van der Waals surface area contributed by atoms with Gasteiger partial charge in [-0.05, 0) is 87.2 Å². The van der Waals surface area contributed by atoms with Gasteiger partial charge in [-0.1, -0.05) is 30.3 Å². The Bertz CT molecular complexity index is 2090. The molecule has 0 aromatic heterocycles. The van der Waals surface area contributed by atoms with Crippen LogP contribution < -0.4 is 15.0 Å². The van der Waals surface area contributed by atoms with Gasteiger partial charge in [0, 0.05) is 77.4 Å². The number of para-hydroxylation sites is 2. The molecule has 8 fully saturated rings. The fourth-order valence-electron chi connectivity index (χ4n) is 16.7. The zero-order chi connectivity index (χ0) is 35.3. The van der Waals surface area contributed by atoms with Gasteiger partial charge in [-0.25, -0.2) is 4.79 Å². The van der Waals surface area contributed by atoms with E-state index in [-0.39, 0.29) is 63.3 Å². The molecular weight excluding hydrogens is 668 g/mol. The molecule has 0 radical (unpaired) electrons. The Balaban J connectivity index is 1.01. The summed E-state index contributed by atoms with van der Waals surface area (Å²) in [6.07, 6.45) is 7.16. The highest BCUT2D eigenvalue weighted by Gasteiger charge is 2.80. The van der Waals surface area contributed by atoms with Crippen LogP contribution in [0.25, 0.3) is 0 Å². The van der Waals surface area contributed by atoms with Crippen molar-refractivity contribution >= 4 is 23.3 Å². The number of carbonyl (C=O) groups is 2. The van der Waals surface area contributed by atoms with Gasteiger partial charge in [-0.2, -0.15) is 0 Å². The minimum Gasteiger partial charge on any atom is -0.495 e. The number of nitrogens with one attached hydrogen (secondary N) is 1. The van der Waals surface area contributed by atoms with Crippen molar-refractivity contribution in [1.82, 2.24) is 9.80 Å². The van der Waals surface area contributed by atoms with Crippen LogP contribution in [0.1, 0.15) is 62.5 Å². The third-order valence-corrected chi connectivity index (χ3v) is 17.4. The van der Waals surface area contributed by atoms with Gasteiger partial charge in [0.25, 0.3) is 0 Å². The van der Waals surface area contributed by atoms with Crippen LogP contribution in [0.2, 0.25) is 0 Å². The van der Waals surface area contributed by atoms with Crippen molar-refractivity contribution in [2.75, 3.05) is 63.8 Å². The number of hydrogen-bond donors (Lipinski definition) is 1. The van der Waals surface area contributed by atoms with Crippen LogP contribution in [0.4, 0.5) is 11.4 Å². The number of esters is 2. The number of hydrogen-bond acceptors (Lipinski definition) is 10. The summed E-state index contributed by atoms with van der Waals surface area (Å²) in [4.78, 5) is 35.8. The van der Waals surface area contributed by atoms with E-state index in [0.717, 1.165) is 94.0 Å². The van der Waals surface area contributed by atoms with Crippen LogP contribution in [-0.4, -0.2) is 106 Å². The van der Waals surface area contributed by atoms with E-state index in [4.69, 9.17) is 18.9 Å². The van der Waals surface area contributed by atoms with E-state index in [9.17, 15) is 9.59 Å². The number of ether oxygens (including phenoxy) is 4. The molecule has 9 aliphatic heterocycles. The topological polar surface area (TPSA) is 92.8 Å². The molecule has 10 heteroatoms.